The van der Waals surface area contributed by atoms with Crippen LogP contribution in [-0.4, -0.2) is 167 Å². The van der Waals surface area contributed by atoms with Crippen LogP contribution in [0.25, 0.3) is 10.2 Å². The number of thiazole rings is 1. The van der Waals surface area contributed by atoms with E-state index in [1.165, 1.54) is 57.8 Å². The van der Waals surface area contributed by atoms with Gasteiger partial charge in [-0.2, -0.15) is 0 Å². The fraction of sp³-hybridized carbons (Fsp3) is 0.641. The molecule has 24 heteroatoms. The lowest BCUT2D eigenvalue weighted by molar-refractivity contribution is -0.139. The van der Waals surface area contributed by atoms with Gasteiger partial charge in [-0.3, -0.25) is 47.9 Å². The summed E-state index contributed by atoms with van der Waals surface area (Å²) in [6.07, 6.45) is 4.12. The fourth-order valence-corrected chi connectivity index (χ4v) is 11.8. The van der Waals surface area contributed by atoms with Crippen molar-refractivity contribution >= 4 is 80.6 Å². The number of nitrogens with zero attached hydrogens (tertiary/aromatic N) is 3. The Morgan fingerprint density at radius 1 is 0.670 bits per heavy atom. The van der Waals surface area contributed by atoms with E-state index in [0.29, 0.717) is 47.8 Å². The first kappa shape index (κ1) is 71.5. The summed E-state index contributed by atoms with van der Waals surface area (Å²) >= 11 is 1.32. The number of ether oxygens (including phenoxy) is 1. The highest BCUT2D eigenvalue weighted by molar-refractivity contribution is 7.18. The van der Waals surface area contributed by atoms with Crippen LogP contribution in [0.1, 0.15) is 162 Å². The van der Waals surface area contributed by atoms with Gasteiger partial charge in [0.25, 0.3) is 5.91 Å². The summed E-state index contributed by atoms with van der Waals surface area (Å²) in [5.41, 5.74) is -2.95. The van der Waals surface area contributed by atoms with Gasteiger partial charge >= 0.3 is 0 Å². The van der Waals surface area contributed by atoms with Crippen LogP contribution in [0.4, 0.5) is 0 Å². The van der Waals surface area contributed by atoms with Crippen molar-refractivity contribution < 1.29 is 52.7 Å². The topological polar surface area (TPSA) is 308 Å². The minimum Gasteiger partial charge on any atom is -0.497 e. The van der Waals surface area contributed by atoms with Crippen LogP contribution in [0.5, 0.6) is 5.75 Å². The van der Waals surface area contributed by atoms with E-state index in [-0.39, 0.29) is 73.8 Å². The molecule has 2 aliphatic rings. The third-order valence-corrected chi connectivity index (χ3v) is 16.8. The molecule has 1 saturated heterocycles. The van der Waals surface area contributed by atoms with E-state index in [2.05, 4.69) is 47.9 Å². The summed E-state index contributed by atoms with van der Waals surface area (Å²) in [6.45, 7) is 23.0. The Labute approximate surface area is 523 Å². The monoisotopic (exact) mass is 1240 g/mol. The second kappa shape index (κ2) is 30.8. The molecule has 0 unspecified atom stereocenters. The van der Waals surface area contributed by atoms with Crippen molar-refractivity contribution in [1.82, 2.24) is 62.6 Å². The van der Waals surface area contributed by atoms with Crippen molar-refractivity contribution in [3.8, 4) is 5.75 Å². The predicted octanol–water partition coefficient (Wildman–Crippen LogP) is 4.33. The molecule has 3 aromatic rings. The van der Waals surface area contributed by atoms with E-state index >= 15 is 0 Å². The molecular formula is C64H98N12O11S. The maximum Gasteiger partial charge on any atom is 0.254 e. The van der Waals surface area contributed by atoms with Gasteiger partial charge in [0.2, 0.25) is 53.2 Å². The summed E-state index contributed by atoms with van der Waals surface area (Å²) in [5, 5.41) is 26.0. The number of nitrogens with one attached hydrogen (secondary N) is 9. The molecule has 486 valence electrons. The summed E-state index contributed by atoms with van der Waals surface area (Å²) in [7, 11) is 5.46. The molecule has 5 rings (SSSR count). The highest BCUT2D eigenvalue weighted by Crippen LogP contribution is 2.33. The fourth-order valence-electron chi connectivity index (χ4n) is 10.8. The quantitative estimate of drug-likeness (QED) is 0.0434. The van der Waals surface area contributed by atoms with E-state index in [1.807, 2.05) is 85.7 Å². The highest BCUT2D eigenvalue weighted by atomic mass is 32.1. The lowest BCUT2D eigenvalue weighted by Crippen LogP contribution is -2.65. The van der Waals surface area contributed by atoms with Crippen LogP contribution in [0.3, 0.4) is 0 Å². The summed E-state index contributed by atoms with van der Waals surface area (Å²) in [4.78, 5) is 148. The summed E-state index contributed by atoms with van der Waals surface area (Å²) < 4.78 is 6.20. The van der Waals surface area contributed by atoms with Gasteiger partial charge in [-0.15, -0.1) is 11.3 Å². The van der Waals surface area contributed by atoms with Gasteiger partial charge in [0.05, 0.1) is 27.9 Å². The number of carbonyl (C=O) groups is 10. The van der Waals surface area contributed by atoms with Gasteiger partial charge in [0.15, 0.2) is 0 Å². The van der Waals surface area contributed by atoms with E-state index in [4.69, 9.17) is 9.72 Å². The number of aromatic nitrogens is 1. The number of aryl methyl sites for hydroxylation is 1. The van der Waals surface area contributed by atoms with Gasteiger partial charge in [0, 0.05) is 38.0 Å². The van der Waals surface area contributed by atoms with Gasteiger partial charge < -0.3 is 62.4 Å². The van der Waals surface area contributed by atoms with E-state index in [1.54, 1.807) is 31.4 Å². The number of likely N-dealkylation sites (N-methyl/N-ethyl adjacent to an activating group) is 1. The number of hydrogen-bond donors (Lipinski definition) is 9. The van der Waals surface area contributed by atoms with Crippen LogP contribution >= 0.6 is 11.3 Å². The van der Waals surface area contributed by atoms with Crippen molar-refractivity contribution in [1.29, 1.82) is 0 Å². The van der Waals surface area contributed by atoms with E-state index < -0.39 is 94.1 Å². The zero-order valence-corrected chi connectivity index (χ0v) is 55.4. The molecule has 5 atom stereocenters. The van der Waals surface area contributed by atoms with Gasteiger partial charge in [0.1, 0.15) is 52.6 Å². The third-order valence-electron chi connectivity index (χ3n) is 15.7. The first-order valence-electron chi connectivity index (χ1n) is 30.8. The Hall–Kier alpha value is -7.21. The average Bonchev–Trinajstić information content (AvgIpc) is 2.93. The smallest absolute Gasteiger partial charge is 0.254 e. The first-order valence-corrected chi connectivity index (χ1v) is 31.6. The maximum absolute atomic E-state index is 14.7. The van der Waals surface area contributed by atoms with Crippen LogP contribution in [0.15, 0.2) is 42.5 Å². The summed E-state index contributed by atoms with van der Waals surface area (Å²) in [5.74, 6) is -5.60. The second-order valence-corrected chi connectivity index (χ2v) is 28.1. The lowest BCUT2D eigenvalue weighted by Gasteiger charge is -2.44. The number of hydrogen-bond acceptors (Lipinski definition) is 14. The normalized spacial score (nSPS) is 16.4. The molecule has 23 nitrogen and oxygen atoms in total. The van der Waals surface area contributed by atoms with Crippen molar-refractivity contribution in [2.75, 3.05) is 40.8 Å². The van der Waals surface area contributed by atoms with Crippen LogP contribution in [-0.2, 0) is 49.6 Å². The molecule has 0 radical (unpaired) electrons. The zero-order chi connectivity index (χ0) is 65.6. The average molecular weight is 1240 g/mol. The Morgan fingerprint density at radius 2 is 1.20 bits per heavy atom. The third kappa shape index (κ3) is 20.4. The Bertz CT molecular complexity index is 2990. The molecule has 2 aromatic carbocycles. The first-order chi connectivity index (χ1) is 41.0. The molecule has 1 saturated carbocycles. The van der Waals surface area contributed by atoms with Crippen molar-refractivity contribution in [3.05, 3.63) is 58.6 Å². The van der Waals surface area contributed by atoms with Crippen LogP contribution in [0.2, 0.25) is 0 Å². The number of carbonyl (C=O) groups excluding carboxylic acids is 10. The highest BCUT2D eigenvalue weighted by Gasteiger charge is 2.43. The number of methoxy groups -OCH3 is 1. The number of likely N-dealkylation sites (tertiary alicyclic amines) is 1. The number of fused-ring (bicyclic) bond motifs is 1. The lowest BCUT2D eigenvalue weighted by atomic mass is 9.76. The number of amides is 10. The maximum atomic E-state index is 14.7. The molecular weight excluding hydrogens is 1140 g/mol. The molecule has 9 N–H and O–H groups in total. The van der Waals surface area contributed by atoms with Gasteiger partial charge in [-0.1, -0.05) is 59.2 Å². The van der Waals surface area contributed by atoms with Crippen molar-refractivity contribution in [2.24, 2.45) is 17.8 Å². The Morgan fingerprint density at radius 3 is 1.73 bits per heavy atom. The van der Waals surface area contributed by atoms with E-state index in [0.717, 1.165) is 29.5 Å². The molecule has 1 aromatic heterocycles. The molecule has 2 fully saturated rings. The molecule has 2 heterocycles. The van der Waals surface area contributed by atoms with Gasteiger partial charge in [-0.05, 0) is 162 Å². The number of rotatable bonds is 31. The molecule has 1 aliphatic carbocycles. The van der Waals surface area contributed by atoms with Crippen LogP contribution in [0, 0.1) is 24.7 Å². The molecule has 0 bridgehead atoms. The minimum absolute atomic E-state index is 0.0406. The largest absolute Gasteiger partial charge is 0.497 e. The summed E-state index contributed by atoms with van der Waals surface area (Å²) in [6, 6.07) is 6.74. The van der Waals surface area contributed by atoms with Crippen molar-refractivity contribution in [3.63, 3.8) is 0 Å². The van der Waals surface area contributed by atoms with E-state index in [9.17, 15) is 47.9 Å². The predicted molar refractivity (Wildman–Crippen MR) is 339 cm³/mol. The SMILES string of the molecule is COc1ccc2nc(C[C@H](NC(=O)[C@@H]3CCCN3C(=O)c3ccc(C)cc3)C(=O)N[C@@H](CC(C)C)C(=O)NC(C)(C)C(=O)N[C@@H](CC(C)C)C(=O)N[C@@H](CC(C)C)C(=O)NC(C)(C)C(=O)NC(C)(C)C(=O)NCCC(=O)NC3(CN(C)C)CCC3)sc2c1. The molecule has 88 heavy (non-hydrogen) atoms. The van der Waals surface area contributed by atoms with Crippen molar-refractivity contribution in [2.45, 2.75) is 207 Å². The minimum atomic E-state index is -1.69. The van der Waals surface area contributed by atoms with Gasteiger partial charge in [-0.25, -0.2) is 4.98 Å². The molecule has 1 aliphatic heterocycles. The second-order valence-electron chi connectivity index (χ2n) is 27.0. The Kier molecular flexibility index (Phi) is 25.0. The molecule has 0 spiro atoms. The zero-order valence-electron chi connectivity index (χ0n) is 54.6. The molecule has 10 amide bonds. The standard InChI is InChI=1S/C64H98N12O11S/c1-37(2)31-44(52(78)67-46(33-39(5)6)55(81)73-63(12,13)60(86)74-61(8,9)58(84)65-29-26-50(77)71-64(27-18-28-64)36-75(14)15)70-59(85)62(10,11)72-54(80)45(32-38(3)4)68-53(79)47(35-51-66-43-25-24-42(87-16)34-49(43)88-51)69-56(82)48-19-17-30-76(48)57(83)41-22-20-40(7)21-23-41/h20-25,34,37-39,44-48H,17-19,26-33,35-36H2,1-16H3,(H,65,84)(H,67,78)(H,68,79)(H,69,82)(H,70,85)(H,71,77)(H,72,80)(H,73,81)(H,74,86)/t44-,45-,46-,47-,48-/m0/s1. The number of benzene rings is 2. The van der Waals surface area contributed by atoms with Crippen LogP contribution < -0.4 is 52.6 Å². The Balaban J connectivity index is 1.25.